The molecule has 280 valence electrons. The van der Waals surface area contributed by atoms with Gasteiger partial charge >= 0.3 is 21.3 Å². The van der Waals surface area contributed by atoms with E-state index in [9.17, 15) is 22.0 Å². The molecule has 0 aliphatic carbocycles. The number of hydrogen-bond donors (Lipinski definition) is 1. The zero-order chi connectivity index (χ0) is 38.8. The highest BCUT2D eigenvalue weighted by Gasteiger charge is 2.54. The molecule has 0 saturated carbocycles. The van der Waals surface area contributed by atoms with Gasteiger partial charge in [0, 0.05) is 10.9 Å². The van der Waals surface area contributed by atoms with Crippen LogP contribution in [0.2, 0.25) is 5.02 Å². The molecule has 12 heteroatoms. The topological polar surface area (TPSA) is 80.7 Å². The van der Waals surface area contributed by atoms with Gasteiger partial charge in [0.25, 0.3) is 0 Å². The van der Waals surface area contributed by atoms with Gasteiger partial charge in [0.2, 0.25) is 0 Å². The number of carbonyl (C=O) groups excluding carboxylic acids is 1. The fourth-order valence-electron chi connectivity index (χ4n) is 4.72. The van der Waals surface area contributed by atoms with Crippen molar-refractivity contribution >= 4 is 61.1 Å². The quantitative estimate of drug-likeness (QED) is 0.0437. The summed E-state index contributed by atoms with van der Waals surface area (Å²) in [4.78, 5) is 18.5. The van der Waals surface area contributed by atoms with Gasteiger partial charge in [-0.05, 0) is 97.8 Å². The van der Waals surface area contributed by atoms with Crippen LogP contribution in [0.1, 0.15) is 12.8 Å². The normalized spacial score (nSPS) is 11.2. The SMILES string of the molecule is Clc1ccc([S+](c2ccccc2)c2ccccc2)cc1.O=C(OCCCCCl)C(F)(F)S(=O)(=O)O.c1ccc([S+](c2ccccc2)c2ccccc2)cc1. The first-order valence-corrected chi connectivity index (χ1v) is 21.4. The van der Waals surface area contributed by atoms with Crippen LogP contribution in [-0.4, -0.2) is 36.7 Å². The lowest BCUT2D eigenvalue weighted by Crippen LogP contribution is -2.39. The minimum absolute atomic E-state index is 0.0146. The maximum Gasteiger partial charge on any atom is 0.465 e. The van der Waals surface area contributed by atoms with E-state index < -0.39 is 21.3 Å². The number of carbonyl (C=O) groups is 1. The average molecular weight is 828 g/mol. The van der Waals surface area contributed by atoms with Gasteiger partial charge in [0.1, 0.15) is 0 Å². The molecule has 0 atom stereocenters. The molecule has 0 heterocycles. The van der Waals surface area contributed by atoms with Crippen molar-refractivity contribution in [3.8, 4) is 0 Å². The molecule has 0 bridgehead atoms. The van der Waals surface area contributed by atoms with Crippen LogP contribution >= 0.6 is 23.2 Å². The average Bonchev–Trinajstić information content (AvgIpc) is 3.20. The van der Waals surface area contributed by atoms with Crippen molar-refractivity contribution in [1.82, 2.24) is 0 Å². The number of halogens is 4. The maximum atomic E-state index is 12.5. The second kappa shape index (κ2) is 21.7. The highest BCUT2D eigenvalue weighted by Crippen LogP contribution is 2.32. The number of alkyl halides is 3. The summed E-state index contributed by atoms with van der Waals surface area (Å²) >= 11 is 11.3. The highest BCUT2D eigenvalue weighted by atomic mass is 35.5. The molecule has 5 nitrogen and oxygen atoms in total. The van der Waals surface area contributed by atoms with Crippen molar-refractivity contribution in [1.29, 1.82) is 0 Å². The van der Waals surface area contributed by atoms with Gasteiger partial charge < -0.3 is 4.74 Å². The number of rotatable bonds is 12. The summed E-state index contributed by atoms with van der Waals surface area (Å²) in [5, 5.41) is -4.15. The molecule has 6 aromatic rings. The lowest BCUT2D eigenvalue weighted by molar-refractivity contribution is -0.161. The van der Waals surface area contributed by atoms with Crippen molar-refractivity contribution in [3.63, 3.8) is 0 Å². The predicted octanol–water partition coefficient (Wildman–Crippen LogP) is 11.2. The van der Waals surface area contributed by atoms with Crippen molar-refractivity contribution in [2.45, 2.75) is 47.5 Å². The Morgan fingerprint density at radius 3 is 1.13 bits per heavy atom. The zero-order valence-corrected chi connectivity index (χ0v) is 32.8. The molecule has 1 N–H and O–H groups in total. The molecule has 0 saturated heterocycles. The highest BCUT2D eigenvalue weighted by molar-refractivity contribution is 7.97. The second-order valence-electron chi connectivity index (χ2n) is 11.2. The Bertz CT molecular complexity index is 1950. The van der Waals surface area contributed by atoms with Crippen LogP contribution in [0.25, 0.3) is 0 Å². The van der Waals surface area contributed by atoms with E-state index >= 15 is 0 Å². The molecule has 0 fully saturated rings. The van der Waals surface area contributed by atoms with E-state index in [0.29, 0.717) is 6.42 Å². The Balaban J connectivity index is 0.000000183. The van der Waals surface area contributed by atoms with Crippen LogP contribution in [-0.2, 0) is 41.4 Å². The van der Waals surface area contributed by atoms with E-state index in [4.69, 9.17) is 27.8 Å². The minimum Gasteiger partial charge on any atom is -0.460 e. The van der Waals surface area contributed by atoms with Gasteiger partial charge in [0.05, 0.1) is 28.4 Å². The van der Waals surface area contributed by atoms with Crippen LogP contribution in [0.5, 0.6) is 0 Å². The number of unbranched alkanes of at least 4 members (excludes halogenated alkanes) is 1. The summed E-state index contributed by atoms with van der Waals surface area (Å²) in [6.45, 7) is -0.378. The van der Waals surface area contributed by atoms with Gasteiger partial charge in [-0.25, -0.2) is 4.79 Å². The molecule has 0 amide bonds. The van der Waals surface area contributed by atoms with Crippen LogP contribution in [0, 0.1) is 0 Å². The first kappa shape index (κ1) is 42.6. The van der Waals surface area contributed by atoms with Crippen molar-refractivity contribution < 1.29 is 31.3 Å². The molecule has 0 aliphatic rings. The number of hydrogen-bond acceptors (Lipinski definition) is 4. The molecule has 0 aliphatic heterocycles. The van der Waals surface area contributed by atoms with E-state index in [1.165, 1.54) is 29.4 Å². The first-order chi connectivity index (χ1) is 26.0. The summed E-state index contributed by atoms with van der Waals surface area (Å²) < 4.78 is 57.1. The van der Waals surface area contributed by atoms with Crippen LogP contribution < -0.4 is 0 Å². The van der Waals surface area contributed by atoms with E-state index in [2.05, 4.69) is 169 Å². The van der Waals surface area contributed by atoms with E-state index in [1.54, 1.807) is 0 Å². The molecule has 6 rings (SSSR count). The lowest BCUT2D eigenvalue weighted by atomic mass is 10.4. The van der Waals surface area contributed by atoms with E-state index in [-0.39, 0.29) is 40.7 Å². The number of esters is 1. The van der Waals surface area contributed by atoms with Gasteiger partial charge in [-0.2, -0.15) is 17.2 Å². The largest absolute Gasteiger partial charge is 0.465 e. The molecular weight excluding hydrogens is 790 g/mol. The summed E-state index contributed by atoms with van der Waals surface area (Å²) in [5.74, 6) is -2.02. The molecule has 54 heavy (non-hydrogen) atoms. The van der Waals surface area contributed by atoms with Crippen molar-refractivity contribution in [2.75, 3.05) is 12.5 Å². The fourth-order valence-corrected chi connectivity index (χ4v) is 9.49. The summed E-state index contributed by atoms with van der Waals surface area (Å²) in [5.41, 5.74) is 0. The first-order valence-electron chi connectivity index (χ1n) is 16.6. The minimum atomic E-state index is -5.78. The number of benzene rings is 6. The smallest absolute Gasteiger partial charge is 0.460 e. The van der Waals surface area contributed by atoms with Crippen LogP contribution in [0.4, 0.5) is 8.78 Å². The maximum absolute atomic E-state index is 12.5. The Hall–Kier alpha value is -4.16. The number of ether oxygens (including phenoxy) is 1. The molecule has 6 aromatic carbocycles. The molecule has 0 radical (unpaired) electrons. The summed E-state index contributed by atoms with van der Waals surface area (Å²) in [6, 6.07) is 61.5. The van der Waals surface area contributed by atoms with Gasteiger partial charge in [-0.3, -0.25) is 4.55 Å². The van der Waals surface area contributed by atoms with E-state index in [1.807, 2.05) is 12.1 Å². The second-order valence-corrected chi connectivity index (χ2v) is 17.5. The van der Waals surface area contributed by atoms with Gasteiger partial charge in [-0.15, -0.1) is 11.6 Å². The molecule has 0 aromatic heterocycles. The third-order valence-electron chi connectivity index (χ3n) is 7.27. The molecular formula is C42H38Cl2F2O5S3+2. The van der Waals surface area contributed by atoms with Gasteiger partial charge in [-0.1, -0.05) is 103 Å². The lowest BCUT2D eigenvalue weighted by Gasteiger charge is -2.11. The standard InChI is InChI=1S/C18H14ClS.C18H15S.C6H9ClF2O5S/c19-15-11-13-18(14-12-15)20(16-7-3-1-4-8-16)17-9-5-2-6-10-17;1-4-10-16(11-5-1)19(17-12-6-2-7-13-17)18-14-8-3-9-15-18;7-3-1-2-4-14-5(10)6(8,9)15(11,12)13/h1-14H;1-15H;1-4H2,(H,11,12,13)/q2*+1;. The summed E-state index contributed by atoms with van der Waals surface area (Å²) in [7, 11) is -5.87. The van der Waals surface area contributed by atoms with Crippen LogP contribution in [0.3, 0.4) is 0 Å². The third kappa shape index (κ3) is 12.7. The molecule has 0 spiro atoms. The summed E-state index contributed by atoms with van der Waals surface area (Å²) in [6.07, 6.45) is 0.670. The Kier molecular flexibility index (Phi) is 17.1. The van der Waals surface area contributed by atoms with Crippen molar-refractivity contribution in [3.05, 3.63) is 181 Å². The Morgan fingerprint density at radius 1 is 0.556 bits per heavy atom. The third-order valence-corrected chi connectivity index (χ3v) is 13.1. The predicted molar refractivity (Wildman–Crippen MR) is 215 cm³/mol. The Labute approximate surface area is 331 Å². The van der Waals surface area contributed by atoms with Crippen molar-refractivity contribution in [2.24, 2.45) is 0 Å². The monoisotopic (exact) mass is 826 g/mol. The van der Waals surface area contributed by atoms with Crippen LogP contribution in [0.15, 0.2) is 205 Å². The fraction of sp³-hybridized carbons (Fsp3) is 0.119. The zero-order valence-electron chi connectivity index (χ0n) is 28.9. The van der Waals surface area contributed by atoms with Gasteiger partial charge in [0.15, 0.2) is 29.4 Å². The van der Waals surface area contributed by atoms with E-state index in [0.717, 1.165) is 5.02 Å². The Morgan fingerprint density at radius 2 is 0.852 bits per heavy atom. The molecule has 0 unspecified atom stereocenters.